The van der Waals surface area contributed by atoms with Crippen LogP contribution in [0.5, 0.6) is 0 Å². The molecule has 8 heteroatoms. The standard InChI is InChI=1S/C28H29F3N4S/c1-19-25(21-7-3-2-4-8-21)33-34-27(19)36-18-6-16-35-15-5-9-23-20(14-17-35)10-11-22-12-13-24(28(29,30)31)32-26(22)23/h2-4,7-8,10-13,19H,5-6,9,14-18H2,1H3. The van der Waals surface area contributed by atoms with Crippen LogP contribution in [0.1, 0.15) is 42.1 Å². The first kappa shape index (κ1) is 25.0. The molecule has 2 aliphatic rings. The fraction of sp³-hybridized carbons (Fsp3) is 0.393. The van der Waals surface area contributed by atoms with Crippen molar-refractivity contribution in [1.29, 1.82) is 0 Å². The highest BCUT2D eigenvalue weighted by atomic mass is 32.2. The van der Waals surface area contributed by atoms with E-state index in [1.165, 1.54) is 6.07 Å². The molecule has 1 unspecified atom stereocenters. The van der Waals surface area contributed by atoms with E-state index >= 15 is 0 Å². The van der Waals surface area contributed by atoms with Gasteiger partial charge in [-0.15, -0.1) is 16.9 Å². The summed E-state index contributed by atoms with van der Waals surface area (Å²) in [4.78, 5) is 6.49. The molecule has 188 valence electrons. The van der Waals surface area contributed by atoms with Crippen molar-refractivity contribution in [3.05, 3.63) is 77.0 Å². The minimum atomic E-state index is -4.43. The molecular formula is C28H29F3N4S. The van der Waals surface area contributed by atoms with Gasteiger partial charge in [0.25, 0.3) is 0 Å². The van der Waals surface area contributed by atoms with Gasteiger partial charge in [0.05, 0.1) is 17.1 Å². The quantitative estimate of drug-likeness (QED) is 0.362. The third-order valence-corrected chi connectivity index (χ3v) is 8.15. The van der Waals surface area contributed by atoms with Crippen LogP contribution in [0.15, 0.2) is 64.8 Å². The minimum Gasteiger partial charge on any atom is -0.303 e. The molecule has 36 heavy (non-hydrogen) atoms. The van der Waals surface area contributed by atoms with Crippen molar-refractivity contribution in [2.75, 3.05) is 25.4 Å². The molecule has 0 aliphatic carbocycles. The van der Waals surface area contributed by atoms with Gasteiger partial charge in [-0.25, -0.2) is 4.98 Å². The van der Waals surface area contributed by atoms with E-state index < -0.39 is 11.9 Å². The van der Waals surface area contributed by atoms with Gasteiger partial charge in [0, 0.05) is 17.7 Å². The molecule has 2 aromatic carbocycles. The lowest BCUT2D eigenvalue weighted by Crippen LogP contribution is -2.31. The smallest absolute Gasteiger partial charge is 0.303 e. The van der Waals surface area contributed by atoms with E-state index in [1.54, 1.807) is 11.8 Å². The summed E-state index contributed by atoms with van der Waals surface area (Å²) in [6, 6.07) is 16.8. The molecule has 0 bridgehead atoms. The maximum Gasteiger partial charge on any atom is 0.433 e. The first-order chi connectivity index (χ1) is 17.4. The molecule has 0 spiro atoms. The molecule has 1 atom stereocenters. The number of aromatic nitrogens is 1. The maximum atomic E-state index is 13.2. The highest BCUT2D eigenvalue weighted by molar-refractivity contribution is 8.14. The molecular weight excluding hydrogens is 481 g/mol. The molecule has 1 aromatic heterocycles. The van der Waals surface area contributed by atoms with Crippen molar-refractivity contribution in [3.8, 4) is 0 Å². The van der Waals surface area contributed by atoms with Crippen molar-refractivity contribution in [1.82, 2.24) is 9.88 Å². The number of alkyl halides is 3. The van der Waals surface area contributed by atoms with Crippen LogP contribution in [0.2, 0.25) is 0 Å². The molecule has 3 aromatic rings. The first-order valence-electron chi connectivity index (χ1n) is 12.4. The van der Waals surface area contributed by atoms with E-state index in [-0.39, 0.29) is 5.92 Å². The fourth-order valence-electron chi connectivity index (χ4n) is 4.98. The molecule has 0 fully saturated rings. The van der Waals surface area contributed by atoms with Crippen molar-refractivity contribution in [2.24, 2.45) is 16.1 Å². The van der Waals surface area contributed by atoms with Crippen LogP contribution < -0.4 is 0 Å². The monoisotopic (exact) mass is 510 g/mol. The number of halogens is 3. The molecule has 3 heterocycles. The van der Waals surface area contributed by atoms with Crippen molar-refractivity contribution in [3.63, 3.8) is 0 Å². The summed E-state index contributed by atoms with van der Waals surface area (Å²) in [5.41, 5.74) is 3.96. The number of hydrogen-bond acceptors (Lipinski definition) is 5. The zero-order chi connectivity index (χ0) is 25.1. The summed E-state index contributed by atoms with van der Waals surface area (Å²) in [6.07, 6.45) is -0.883. The van der Waals surface area contributed by atoms with Crippen molar-refractivity contribution >= 4 is 33.4 Å². The van der Waals surface area contributed by atoms with E-state index in [4.69, 9.17) is 0 Å². The number of aryl methyl sites for hydroxylation is 1. The highest BCUT2D eigenvalue weighted by Crippen LogP contribution is 2.32. The lowest BCUT2D eigenvalue weighted by atomic mass is 9.95. The summed E-state index contributed by atoms with van der Waals surface area (Å²) >= 11 is 1.79. The summed E-state index contributed by atoms with van der Waals surface area (Å²) in [5, 5.41) is 10.7. The van der Waals surface area contributed by atoms with E-state index in [9.17, 15) is 13.2 Å². The zero-order valence-corrected chi connectivity index (χ0v) is 21.1. The van der Waals surface area contributed by atoms with Crippen LogP contribution in [0.3, 0.4) is 0 Å². The predicted octanol–water partition coefficient (Wildman–Crippen LogP) is 6.62. The second-order valence-electron chi connectivity index (χ2n) is 9.38. The second-order valence-corrected chi connectivity index (χ2v) is 10.5. The van der Waals surface area contributed by atoms with Gasteiger partial charge < -0.3 is 4.90 Å². The Labute approximate surface area is 213 Å². The molecule has 0 radical (unpaired) electrons. The molecule has 0 saturated heterocycles. The van der Waals surface area contributed by atoms with E-state index in [0.29, 0.717) is 5.52 Å². The first-order valence-corrected chi connectivity index (χ1v) is 13.4. The molecule has 2 aliphatic heterocycles. The Kier molecular flexibility index (Phi) is 7.44. The van der Waals surface area contributed by atoms with Gasteiger partial charge in [0.1, 0.15) is 10.7 Å². The van der Waals surface area contributed by atoms with Crippen molar-refractivity contribution < 1.29 is 13.2 Å². The van der Waals surface area contributed by atoms with Crippen molar-refractivity contribution in [2.45, 2.75) is 38.8 Å². The third kappa shape index (κ3) is 5.49. The third-order valence-electron chi connectivity index (χ3n) is 6.93. The largest absolute Gasteiger partial charge is 0.433 e. The molecule has 0 amide bonds. The van der Waals surface area contributed by atoms with Gasteiger partial charge in [-0.2, -0.15) is 18.3 Å². The van der Waals surface area contributed by atoms with Gasteiger partial charge >= 0.3 is 6.18 Å². The number of nitrogens with zero attached hydrogens (tertiary/aromatic N) is 4. The van der Waals surface area contributed by atoms with Crippen LogP contribution in [-0.4, -0.2) is 46.0 Å². The van der Waals surface area contributed by atoms with Gasteiger partial charge in [0.2, 0.25) is 0 Å². The van der Waals surface area contributed by atoms with Gasteiger partial charge in [-0.3, -0.25) is 0 Å². The summed E-state index contributed by atoms with van der Waals surface area (Å²) in [6.45, 7) is 5.01. The average molecular weight is 511 g/mol. The summed E-state index contributed by atoms with van der Waals surface area (Å²) < 4.78 is 39.7. The number of benzene rings is 2. The number of thioether (sulfide) groups is 1. The summed E-state index contributed by atoms with van der Waals surface area (Å²) in [7, 11) is 0. The Morgan fingerprint density at radius 2 is 1.78 bits per heavy atom. The van der Waals surface area contributed by atoms with Crippen LogP contribution in [-0.2, 0) is 19.0 Å². The molecule has 5 rings (SSSR count). The molecule has 0 N–H and O–H groups in total. The topological polar surface area (TPSA) is 40.9 Å². The lowest BCUT2D eigenvalue weighted by molar-refractivity contribution is -0.140. The van der Waals surface area contributed by atoms with Gasteiger partial charge in [0.15, 0.2) is 0 Å². The van der Waals surface area contributed by atoms with E-state index in [1.807, 2.05) is 24.3 Å². The van der Waals surface area contributed by atoms with Crippen LogP contribution >= 0.6 is 11.8 Å². The second kappa shape index (κ2) is 10.7. The van der Waals surface area contributed by atoms with E-state index in [2.05, 4.69) is 45.2 Å². The Balaban J connectivity index is 1.14. The minimum absolute atomic E-state index is 0.219. The maximum absolute atomic E-state index is 13.2. The average Bonchev–Trinajstić information content (AvgIpc) is 3.23. The number of hydrogen-bond donors (Lipinski definition) is 0. The predicted molar refractivity (Wildman–Crippen MR) is 142 cm³/mol. The van der Waals surface area contributed by atoms with Crippen LogP contribution in [0.4, 0.5) is 13.2 Å². The van der Waals surface area contributed by atoms with Gasteiger partial charge in [-0.05, 0) is 61.5 Å². The molecule has 0 saturated carbocycles. The van der Waals surface area contributed by atoms with Crippen LogP contribution in [0.25, 0.3) is 10.9 Å². The number of rotatable bonds is 5. The SMILES string of the molecule is CC1C(SCCCN2CCCc3c(ccc4ccc(C(F)(F)F)nc34)CC2)=NN=C1c1ccccc1. The highest BCUT2D eigenvalue weighted by Gasteiger charge is 2.33. The Hall–Kier alpha value is -2.71. The van der Waals surface area contributed by atoms with Crippen LogP contribution in [0, 0.1) is 5.92 Å². The van der Waals surface area contributed by atoms with E-state index in [0.717, 1.165) is 90.0 Å². The summed E-state index contributed by atoms with van der Waals surface area (Å²) in [5.74, 6) is 1.21. The lowest BCUT2D eigenvalue weighted by Gasteiger charge is -2.26. The Morgan fingerprint density at radius 3 is 2.58 bits per heavy atom. The normalized spacial score (nSPS) is 18.9. The number of pyridine rings is 1. The zero-order valence-electron chi connectivity index (χ0n) is 20.3. The Morgan fingerprint density at radius 1 is 0.972 bits per heavy atom. The molecule has 4 nitrogen and oxygen atoms in total. The van der Waals surface area contributed by atoms with Gasteiger partial charge in [-0.1, -0.05) is 55.5 Å². The number of fused-ring (bicyclic) bond motifs is 3. The Bertz CT molecular complexity index is 1290. The fourth-order valence-corrected chi connectivity index (χ4v) is 5.93.